The van der Waals surface area contributed by atoms with Gasteiger partial charge in [0.05, 0.1) is 17.8 Å². The smallest absolute Gasteiger partial charge is 0.230 e. The van der Waals surface area contributed by atoms with Crippen molar-refractivity contribution in [3.8, 4) is 10.7 Å². The molecule has 23 heavy (non-hydrogen) atoms. The maximum Gasteiger partial charge on any atom is 0.230 e. The minimum absolute atomic E-state index is 0.0153. The third-order valence-corrected chi connectivity index (χ3v) is 3.84. The molecule has 0 aliphatic carbocycles. The monoisotopic (exact) mass is 331 g/mol. The minimum atomic E-state index is -0.744. The molecule has 4 nitrogen and oxygen atoms in total. The number of hydrogen-bond donors (Lipinski definition) is 1. The number of nitrogens with one attached hydrogen (secondary N) is 1. The van der Waals surface area contributed by atoms with Crippen LogP contribution in [-0.4, -0.2) is 15.9 Å². The standard InChI is InChI=1S/C16H11F2N3OS/c17-10-5-11(18)7-12(6-10)20-15(22)8-13-9-23-16(21-13)14-3-1-2-4-19-14/h1-7,9H,8H2,(H,20,22). The number of carbonyl (C=O) groups excluding carboxylic acids is 1. The van der Waals surface area contributed by atoms with Crippen molar-refractivity contribution in [3.63, 3.8) is 0 Å². The van der Waals surface area contributed by atoms with Crippen LogP contribution in [0.5, 0.6) is 0 Å². The molecule has 0 saturated carbocycles. The maximum absolute atomic E-state index is 13.1. The fourth-order valence-corrected chi connectivity index (χ4v) is 2.79. The van der Waals surface area contributed by atoms with E-state index >= 15 is 0 Å². The molecule has 1 amide bonds. The molecule has 7 heteroatoms. The van der Waals surface area contributed by atoms with E-state index in [9.17, 15) is 13.6 Å². The Labute approximate surface area is 134 Å². The molecule has 0 spiro atoms. The highest BCUT2D eigenvalue weighted by atomic mass is 32.1. The summed E-state index contributed by atoms with van der Waals surface area (Å²) in [6, 6.07) is 8.36. The highest BCUT2D eigenvalue weighted by Gasteiger charge is 2.11. The molecule has 0 aliphatic rings. The number of benzene rings is 1. The molecular formula is C16H11F2N3OS. The fourth-order valence-electron chi connectivity index (χ4n) is 1.99. The lowest BCUT2D eigenvalue weighted by Gasteiger charge is -2.04. The summed E-state index contributed by atoms with van der Waals surface area (Å²) in [4.78, 5) is 20.5. The lowest BCUT2D eigenvalue weighted by molar-refractivity contribution is -0.115. The molecule has 2 aromatic heterocycles. The van der Waals surface area contributed by atoms with Crippen molar-refractivity contribution in [3.05, 3.63) is 65.3 Å². The molecule has 1 N–H and O–H groups in total. The van der Waals surface area contributed by atoms with Crippen molar-refractivity contribution in [2.45, 2.75) is 6.42 Å². The number of aromatic nitrogens is 2. The van der Waals surface area contributed by atoms with Gasteiger partial charge in [-0.25, -0.2) is 13.8 Å². The first-order valence-electron chi connectivity index (χ1n) is 6.72. The van der Waals surface area contributed by atoms with Crippen LogP contribution < -0.4 is 5.32 Å². The van der Waals surface area contributed by atoms with E-state index < -0.39 is 17.5 Å². The van der Waals surface area contributed by atoms with E-state index in [1.807, 2.05) is 18.2 Å². The van der Waals surface area contributed by atoms with E-state index in [4.69, 9.17) is 0 Å². The molecule has 1 aromatic carbocycles. The molecule has 116 valence electrons. The Balaban J connectivity index is 1.68. The number of carbonyl (C=O) groups is 1. The summed E-state index contributed by atoms with van der Waals surface area (Å²) in [5.41, 5.74) is 1.38. The van der Waals surface area contributed by atoms with Crippen molar-refractivity contribution in [1.29, 1.82) is 0 Å². The van der Waals surface area contributed by atoms with E-state index in [0.717, 1.165) is 23.9 Å². The first-order chi connectivity index (χ1) is 11.1. The number of pyridine rings is 1. The summed E-state index contributed by atoms with van der Waals surface area (Å²) >= 11 is 1.38. The number of rotatable bonds is 4. The number of thiazole rings is 1. The zero-order valence-corrected chi connectivity index (χ0v) is 12.6. The van der Waals surface area contributed by atoms with Crippen molar-refractivity contribution in [1.82, 2.24) is 9.97 Å². The molecule has 0 fully saturated rings. The average Bonchev–Trinajstić information content (AvgIpc) is 2.95. The third kappa shape index (κ3) is 3.95. The third-order valence-electron chi connectivity index (χ3n) is 2.92. The summed E-state index contributed by atoms with van der Waals surface area (Å²) in [6.07, 6.45) is 1.68. The number of nitrogens with zero attached hydrogens (tertiary/aromatic N) is 2. The average molecular weight is 331 g/mol. The summed E-state index contributed by atoms with van der Waals surface area (Å²) in [5, 5.41) is 4.92. The molecule has 3 aromatic rings. The topological polar surface area (TPSA) is 54.9 Å². The summed E-state index contributed by atoms with van der Waals surface area (Å²) in [5.74, 6) is -1.88. The summed E-state index contributed by atoms with van der Waals surface area (Å²) in [6.45, 7) is 0. The van der Waals surface area contributed by atoms with Crippen LogP contribution in [0.15, 0.2) is 48.0 Å². The second-order valence-corrected chi connectivity index (χ2v) is 5.60. The van der Waals surface area contributed by atoms with Crippen LogP contribution in [0.25, 0.3) is 10.7 Å². The Hall–Kier alpha value is -2.67. The predicted molar refractivity (Wildman–Crippen MR) is 84.0 cm³/mol. The van der Waals surface area contributed by atoms with Crippen molar-refractivity contribution >= 4 is 22.9 Å². The lowest BCUT2D eigenvalue weighted by atomic mass is 10.2. The Morgan fingerprint density at radius 3 is 2.65 bits per heavy atom. The SMILES string of the molecule is O=C(Cc1csc(-c2ccccn2)n1)Nc1cc(F)cc(F)c1. The summed E-state index contributed by atoms with van der Waals surface area (Å²) in [7, 11) is 0. The van der Waals surface area contributed by atoms with Crippen LogP contribution in [0.2, 0.25) is 0 Å². The van der Waals surface area contributed by atoms with E-state index in [0.29, 0.717) is 10.7 Å². The predicted octanol–water partition coefficient (Wildman–Crippen LogP) is 3.66. The first-order valence-corrected chi connectivity index (χ1v) is 7.60. The van der Waals surface area contributed by atoms with Crippen LogP contribution in [0.3, 0.4) is 0 Å². The molecule has 2 heterocycles. The first kappa shape index (κ1) is 15.2. The zero-order chi connectivity index (χ0) is 16.2. The van der Waals surface area contributed by atoms with Crippen LogP contribution in [0, 0.1) is 11.6 Å². The van der Waals surface area contributed by atoms with Gasteiger partial charge in [-0.15, -0.1) is 11.3 Å². The Bertz CT molecular complexity index is 816. The molecule has 0 unspecified atom stereocenters. The van der Waals surface area contributed by atoms with Crippen LogP contribution >= 0.6 is 11.3 Å². The van der Waals surface area contributed by atoms with Gasteiger partial charge in [-0.3, -0.25) is 9.78 Å². The van der Waals surface area contributed by atoms with E-state index in [-0.39, 0.29) is 12.1 Å². The molecule has 0 bridgehead atoms. The Morgan fingerprint density at radius 1 is 1.17 bits per heavy atom. The van der Waals surface area contributed by atoms with Crippen LogP contribution in [-0.2, 0) is 11.2 Å². The van der Waals surface area contributed by atoms with Crippen molar-refractivity contribution in [2.75, 3.05) is 5.32 Å². The molecule has 3 rings (SSSR count). The van der Waals surface area contributed by atoms with Crippen molar-refractivity contribution < 1.29 is 13.6 Å². The molecule has 0 saturated heterocycles. The fraction of sp³-hybridized carbons (Fsp3) is 0.0625. The molecule has 0 aliphatic heterocycles. The minimum Gasteiger partial charge on any atom is -0.326 e. The second kappa shape index (κ2) is 6.62. The van der Waals surface area contributed by atoms with Gasteiger partial charge in [0.25, 0.3) is 0 Å². The highest BCUT2D eigenvalue weighted by molar-refractivity contribution is 7.13. The number of amides is 1. The lowest BCUT2D eigenvalue weighted by Crippen LogP contribution is -2.14. The van der Waals surface area contributed by atoms with Gasteiger partial charge in [-0.2, -0.15) is 0 Å². The highest BCUT2D eigenvalue weighted by Crippen LogP contribution is 2.22. The number of hydrogen-bond acceptors (Lipinski definition) is 4. The van der Waals surface area contributed by atoms with Gasteiger partial charge < -0.3 is 5.32 Å². The van der Waals surface area contributed by atoms with Gasteiger partial charge in [0, 0.05) is 23.3 Å². The molecule has 0 atom stereocenters. The van der Waals surface area contributed by atoms with Crippen molar-refractivity contribution in [2.24, 2.45) is 0 Å². The van der Waals surface area contributed by atoms with E-state index in [2.05, 4.69) is 15.3 Å². The number of anilines is 1. The van der Waals surface area contributed by atoms with Gasteiger partial charge in [0.15, 0.2) is 0 Å². The Morgan fingerprint density at radius 2 is 1.96 bits per heavy atom. The largest absolute Gasteiger partial charge is 0.326 e. The van der Waals surface area contributed by atoms with Gasteiger partial charge in [-0.1, -0.05) is 6.07 Å². The quantitative estimate of drug-likeness (QED) is 0.794. The van der Waals surface area contributed by atoms with Crippen LogP contribution in [0.4, 0.5) is 14.5 Å². The van der Waals surface area contributed by atoms with Crippen LogP contribution in [0.1, 0.15) is 5.69 Å². The van der Waals surface area contributed by atoms with E-state index in [1.54, 1.807) is 11.6 Å². The van der Waals surface area contributed by atoms with Gasteiger partial charge in [0.2, 0.25) is 5.91 Å². The molecule has 0 radical (unpaired) electrons. The zero-order valence-electron chi connectivity index (χ0n) is 11.8. The number of halogens is 2. The van der Waals surface area contributed by atoms with Gasteiger partial charge in [-0.05, 0) is 24.3 Å². The normalized spacial score (nSPS) is 10.5. The second-order valence-electron chi connectivity index (χ2n) is 4.74. The maximum atomic E-state index is 13.1. The van der Waals surface area contributed by atoms with E-state index in [1.165, 1.54) is 11.3 Å². The van der Waals surface area contributed by atoms with Gasteiger partial charge in [0.1, 0.15) is 16.6 Å². The summed E-state index contributed by atoms with van der Waals surface area (Å²) < 4.78 is 26.2. The van der Waals surface area contributed by atoms with Gasteiger partial charge >= 0.3 is 0 Å². The Kier molecular flexibility index (Phi) is 4.38. The molecular weight excluding hydrogens is 320 g/mol.